The van der Waals surface area contributed by atoms with Gasteiger partial charge in [0.25, 0.3) is 5.91 Å². The molecule has 174 valence electrons. The number of amides is 1. The number of sulfonamides is 1. The van der Waals surface area contributed by atoms with Crippen molar-refractivity contribution in [1.29, 1.82) is 0 Å². The molecule has 1 aromatic heterocycles. The van der Waals surface area contributed by atoms with Gasteiger partial charge >= 0.3 is 0 Å². The van der Waals surface area contributed by atoms with Crippen molar-refractivity contribution < 1.29 is 13.2 Å². The molecule has 0 fully saturated rings. The molecule has 6 nitrogen and oxygen atoms in total. The summed E-state index contributed by atoms with van der Waals surface area (Å²) in [4.78, 5) is 17.9. The van der Waals surface area contributed by atoms with Crippen LogP contribution in [0.2, 0.25) is 0 Å². The van der Waals surface area contributed by atoms with Crippen LogP contribution in [0.3, 0.4) is 0 Å². The normalized spacial score (nSPS) is 12.4. The van der Waals surface area contributed by atoms with Crippen LogP contribution in [-0.4, -0.2) is 36.3 Å². The van der Waals surface area contributed by atoms with Crippen LogP contribution in [0.5, 0.6) is 0 Å². The first-order chi connectivity index (χ1) is 15.8. The molecule has 33 heavy (non-hydrogen) atoms. The van der Waals surface area contributed by atoms with Crippen molar-refractivity contribution in [3.05, 3.63) is 58.4 Å². The number of rotatable bonds is 9. The van der Waals surface area contributed by atoms with Crippen molar-refractivity contribution >= 4 is 37.5 Å². The summed E-state index contributed by atoms with van der Waals surface area (Å²) in [6, 6.07) is 12.1. The van der Waals surface area contributed by atoms with Crippen molar-refractivity contribution in [2.45, 2.75) is 51.5 Å². The van der Waals surface area contributed by atoms with Gasteiger partial charge in [0.1, 0.15) is 0 Å². The predicted molar refractivity (Wildman–Crippen MR) is 134 cm³/mol. The van der Waals surface area contributed by atoms with E-state index in [0.29, 0.717) is 30.0 Å². The van der Waals surface area contributed by atoms with E-state index in [0.717, 1.165) is 29.5 Å². The SMILES string of the molecule is C#CCn1c(=NC(=O)c2ccc(S(=O)(=O)N(CC)CCCC)cc2)sc2cc(CC)ccc21. The molecular formula is C25H29N3O3S2. The molecule has 3 rings (SSSR count). The maximum absolute atomic E-state index is 12.9. The molecule has 0 aliphatic carbocycles. The molecule has 0 saturated heterocycles. The highest BCUT2D eigenvalue weighted by Gasteiger charge is 2.22. The number of nitrogens with zero attached hydrogens (tertiary/aromatic N) is 3. The molecule has 8 heteroatoms. The van der Waals surface area contributed by atoms with Crippen LogP contribution in [0.1, 0.15) is 49.5 Å². The van der Waals surface area contributed by atoms with E-state index in [9.17, 15) is 13.2 Å². The number of unbranched alkanes of at least 4 members (excludes halogenated alkanes) is 1. The van der Waals surface area contributed by atoms with E-state index < -0.39 is 15.9 Å². The summed E-state index contributed by atoms with van der Waals surface area (Å²) in [6.45, 7) is 7.12. The molecular weight excluding hydrogens is 454 g/mol. The van der Waals surface area contributed by atoms with Gasteiger partial charge in [-0.1, -0.05) is 50.5 Å². The van der Waals surface area contributed by atoms with E-state index in [1.807, 2.05) is 30.5 Å². The standard InChI is InChI=1S/C25H29N3O3S2/c1-5-9-17-27(8-4)33(30,31)21-13-11-20(12-14-21)24(29)26-25-28(16-6-2)22-15-10-19(7-3)18-23(22)32-25/h2,10-15,18H,5,7-9,16-17H2,1,3-4H3. The van der Waals surface area contributed by atoms with E-state index in [1.54, 1.807) is 0 Å². The molecule has 3 aromatic rings. The fraction of sp³-hybridized carbons (Fsp3) is 0.360. The Morgan fingerprint density at radius 1 is 1.15 bits per heavy atom. The number of hydrogen-bond acceptors (Lipinski definition) is 4. The van der Waals surface area contributed by atoms with Crippen LogP contribution in [0.15, 0.2) is 52.4 Å². The highest BCUT2D eigenvalue weighted by molar-refractivity contribution is 7.89. The molecule has 0 bridgehead atoms. The maximum atomic E-state index is 12.9. The lowest BCUT2D eigenvalue weighted by Gasteiger charge is -2.20. The molecule has 0 atom stereocenters. The third kappa shape index (κ3) is 5.44. The monoisotopic (exact) mass is 483 g/mol. The van der Waals surface area contributed by atoms with Gasteiger partial charge in [-0.3, -0.25) is 4.79 Å². The Labute approximate surface area is 199 Å². The fourth-order valence-corrected chi connectivity index (χ4v) is 6.10. The first-order valence-corrected chi connectivity index (χ1v) is 13.4. The highest BCUT2D eigenvalue weighted by atomic mass is 32.2. The molecule has 1 amide bonds. The first kappa shape index (κ1) is 24.9. The second kappa shape index (κ2) is 10.9. The number of terminal acetylenes is 1. The van der Waals surface area contributed by atoms with E-state index in [4.69, 9.17) is 6.42 Å². The number of hydrogen-bond donors (Lipinski definition) is 0. The van der Waals surface area contributed by atoms with Gasteiger partial charge < -0.3 is 4.57 Å². The summed E-state index contributed by atoms with van der Waals surface area (Å²) in [5.74, 6) is 2.19. The zero-order chi connectivity index (χ0) is 24.0. The Hall–Kier alpha value is -2.73. The number of aromatic nitrogens is 1. The van der Waals surface area contributed by atoms with E-state index in [1.165, 1.54) is 45.5 Å². The lowest BCUT2D eigenvalue weighted by molar-refractivity contribution is 0.0998. The third-order valence-corrected chi connectivity index (χ3v) is 8.48. The minimum absolute atomic E-state index is 0.174. The molecule has 0 aliphatic heterocycles. The Bertz CT molecular complexity index is 1340. The van der Waals surface area contributed by atoms with Gasteiger partial charge in [0, 0.05) is 18.7 Å². The quantitative estimate of drug-likeness (QED) is 0.422. The number of fused-ring (bicyclic) bond motifs is 1. The fourth-order valence-electron chi connectivity index (χ4n) is 3.52. The molecule has 0 saturated carbocycles. The van der Waals surface area contributed by atoms with Crippen LogP contribution < -0.4 is 4.80 Å². The molecule has 0 N–H and O–H groups in total. The zero-order valence-corrected chi connectivity index (χ0v) is 20.9. The Morgan fingerprint density at radius 2 is 1.88 bits per heavy atom. The van der Waals surface area contributed by atoms with Crippen LogP contribution in [-0.2, 0) is 23.0 Å². The van der Waals surface area contributed by atoms with Crippen molar-refractivity contribution in [2.75, 3.05) is 13.1 Å². The number of benzene rings is 2. The van der Waals surface area contributed by atoms with Crippen LogP contribution in [0.4, 0.5) is 0 Å². The van der Waals surface area contributed by atoms with Crippen LogP contribution in [0, 0.1) is 12.3 Å². The summed E-state index contributed by atoms with van der Waals surface area (Å²) in [5, 5.41) is 0. The zero-order valence-electron chi connectivity index (χ0n) is 19.2. The van der Waals surface area contributed by atoms with E-state index in [2.05, 4.69) is 23.9 Å². The van der Waals surface area contributed by atoms with Crippen molar-refractivity contribution in [1.82, 2.24) is 8.87 Å². The van der Waals surface area contributed by atoms with Gasteiger partial charge in [-0.15, -0.1) is 6.42 Å². The molecule has 0 unspecified atom stereocenters. The molecule has 0 aliphatic rings. The summed E-state index contributed by atoms with van der Waals surface area (Å²) in [5.41, 5.74) is 2.46. The first-order valence-electron chi connectivity index (χ1n) is 11.1. The van der Waals surface area contributed by atoms with Crippen molar-refractivity contribution in [2.24, 2.45) is 4.99 Å². The minimum atomic E-state index is -3.60. The second-order valence-corrected chi connectivity index (χ2v) is 10.6. The lowest BCUT2D eigenvalue weighted by atomic mass is 10.2. The van der Waals surface area contributed by atoms with E-state index in [-0.39, 0.29) is 4.90 Å². The van der Waals surface area contributed by atoms with Crippen molar-refractivity contribution in [3.8, 4) is 12.3 Å². The molecule has 1 heterocycles. The van der Waals surface area contributed by atoms with Gasteiger partial charge in [-0.25, -0.2) is 8.42 Å². The molecule has 0 spiro atoms. The Kier molecular flexibility index (Phi) is 8.25. The topological polar surface area (TPSA) is 71.7 Å². The van der Waals surface area contributed by atoms with Gasteiger partial charge in [0.2, 0.25) is 10.0 Å². The highest BCUT2D eigenvalue weighted by Crippen LogP contribution is 2.20. The third-order valence-electron chi connectivity index (χ3n) is 5.45. The average Bonchev–Trinajstić information content (AvgIpc) is 3.15. The summed E-state index contributed by atoms with van der Waals surface area (Å²) in [7, 11) is -3.60. The Morgan fingerprint density at radius 3 is 2.48 bits per heavy atom. The maximum Gasteiger partial charge on any atom is 0.279 e. The average molecular weight is 484 g/mol. The number of carbonyl (C=O) groups excluding carboxylic acids is 1. The number of thiazole rings is 1. The van der Waals surface area contributed by atoms with E-state index >= 15 is 0 Å². The summed E-state index contributed by atoms with van der Waals surface area (Å²) < 4.78 is 30.1. The smallest absolute Gasteiger partial charge is 0.279 e. The second-order valence-electron chi connectivity index (χ2n) is 7.62. The predicted octanol–water partition coefficient (Wildman–Crippen LogP) is 4.45. The van der Waals surface area contributed by atoms with Crippen LogP contribution in [0.25, 0.3) is 10.2 Å². The van der Waals surface area contributed by atoms with Gasteiger partial charge in [0.15, 0.2) is 4.80 Å². The summed E-state index contributed by atoms with van der Waals surface area (Å²) >= 11 is 1.42. The molecule has 0 radical (unpaired) electrons. The number of carbonyl (C=O) groups is 1. The minimum Gasteiger partial charge on any atom is -0.305 e. The van der Waals surface area contributed by atoms with Crippen LogP contribution >= 0.6 is 11.3 Å². The van der Waals surface area contributed by atoms with Crippen molar-refractivity contribution in [3.63, 3.8) is 0 Å². The lowest BCUT2D eigenvalue weighted by Crippen LogP contribution is -2.31. The van der Waals surface area contributed by atoms with Gasteiger partial charge in [-0.05, 0) is 54.8 Å². The summed E-state index contributed by atoms with van der Waals surface area (Å²) in [6.07, 6.45) is 8.18. The number of aryl methyl sites for hydroxylation is 1. The Balaban J connectivity index is 1.94. The molecule has 2 aromatic carbocycles. The largest absolute Gasteiger partial charge is 0.305 e. The van der Waals surface area contributed by atoms with Gasteiger partial charge in [-0.2, -0.15) is 9.30 Å². The van der Waals surface area contributed by atoms with Gasteiger partial charge in [0.05, 0.1) is 21.7 Å².